The molecule has 33 heavy (non-hydrogen) atoms. The molecule has 1 aromatic rings. The van der Waals surface area contributed by atoms with Crippen LogP contribution in [-0.2, 0) is 19.2 Å². The van der Waals surface area contributed by atoms with Crippen LogP contribution >= 0.6 is 0 Å². The van der Waals surface area contributed by atoms with Gasteiger partial charge < -0.3 is 5.11 Å². The lowest BCUT2D eigenvalue weighted by atomic mass is 9.85. The van der Waals surface area contributed by atoms with Gasteiger partial charge in [-0.25, -0.2) is 14.6 Å². The highest BCUT2D eigenvalue weighted by Gasteiger charge is 2.61. The first-order valence-corrected chi connectivity index (χ1v) is 11.4. The summed E-state index contributed by atoms with van der Waals surface area (Å²) in [6.07, 6.45) is 9.53. The molecule has 8 atom stereocenters. The van der Waals surface area contributed by atoms with Gasteiger partial charge in [0.15, 0.2) is 0 Å². The molecule has 2 heterocycles. The van der Waals surface area contributed by atoms with Crippen molar-refractivity contribution in [2.24, 2.45) is 47.3 Å². The zero-order valence-corrected chi connectivity index (χ0v) is 17.5. The van der Waals surface area contributed by atoms with Crippen LogP contribution in [0.15, 0.2) is 42.5 Å². The van der Waals surface area contributed by atoms with Crippen molar-refractivity contribution in [2.45, 2.75) is 12.8 Å². The number of carboxylic acid groups (broad SMARTS) is 1. The molecule has 0 spiro atoms. The summed E-state index contributed by atoms with van der Waals surface area (Å²) in [7, 11) is 0. The smallest absolute Gasteiger partial charge is 0.335 e. The Morgan fingerprint density at radius 2 is 0.970 bits per heavy atom. The van der Waals surface area contributed by atoms with Crippen LogP contribution in [0.3, 0.4) is 0 Å². The summed E-state index contributed by atoms with van der Waals surface area (Å²) in [5, 5.41) is 9.70. The Labute approximate surface area is 188 Å². The zero-order valence-electron chi connectivity index (χ0n) is 17.5. The molecule has 6 aliphatic rings. The lowest BCUT2D eigenvalue weighted by Crippen LogP contribution is -2.35. The molecule has 2 saturated heterocycles. The Morgan fingerprint density at radius 3 is 1.27 bits per heavy atom. The number of carboxylic acids is 1. The van der Waals surface area contributed by atoms with E-state index in [2.05, 4.69) is 0 Å². The van der Waals surface area contributed by atoms with Crippen LogP contribution in [0, 0.1) is 47.3 Å². The maximum absolute atomic E-state index is 13.3. The third kappa shape index (κ3) is 2.23. The van der Waals surface area contributed by atoms with Crippen molar-refractivity contribution in [3.05, 3.63) is 48.1 Å². The highest BCUT2D eigenvalue weighted by atomic mass is 16.4. The minimum absolute atomic E-state index is 0.0210. The van der Waals surface area contributed by atoms with E-state index in [9.17, 15) is 29.1 Å². The van der Waals surface area contributed by atoms with Crippen LogP contribution in [0.5, 0.6) is 0 Å². The number of carbonyl (C=O) groups is 5. The zero-order chi connectivity index (χ0) is 22.8. The molecule has 166 valence electrons. The second-order valence-corrected chi connectivity index (χ2v) is 10.1. The number of hydrogen-bond acceptors (Lipinski definition) is 5. The molecule has 1 N–H and O–H groups in total. The van der Waals surface area contributed by atoms with Gasteiger partial charge in [-0.05, 0) is 54.7 Å². The molecule has 4 bridgehead atoms. The van der Waals surface area contributed by atoms with Crippen molar-refractivity contribution >= 4 is 41.0 Å². The highest BCUT2D eigenvalue weighted by molar-refractivity contribution is 6.25. The molecule has 4 aliphatic carbocycles. The first-order valence-electron chi connectivity index (χ1n) is 11.4. The number of fused-ring (bicyclic) bond motifs is 10. The van der Waals surface area contributed by atoms with Crippen LogP contribution in [0.25, 0.3) is 0 Å². The largest absolute Gasteiger partial charge is 0.478 e. The summed E-state index contributed by atoms with van der Waals surface area (Å²) in [6, 6.07) is 3.98. The molecular weight excluding hydrogens is 424 g/mol. The molecule has 8 heteroatoms. The van der Waals surface area contributed by atoms with Crippen molar-refractivity contribution in [1.82, 2.24) is 0 Å². The van der Waals surface area contributed by atoms with E-state index in [0.29, 0.717) is 0 Å². The van der Waals surface area contributed by atoms with Crippen LogP contribution < -0.4 is 9.80 Å². The number of nitrogens with zero attached hydrogens (tertiary/aromatic N) is 2. The van der Waals surface area contributed by atoms with Crippen molar-refractivity contribution in [3.8, 4) is 0 Å². The first kappa shape index (κ1) is 19.0. The van der Waals surface area contributed by atoms with E-state index in [-0.39, 0.29) is 64.2 Å². The fourth-order valence-corrected chi connectivity index (χ4v) is 7.29. The van der Waals surface area contributed by atoms with E-state index >= 15 is 0 Å². The lowest BCUT2D eigenvalue weighted by molar-refractivity contribution is -0.124. The minimum Gasteiger partial charge on any atom is -0.478 e. The minimum atomic E-state index is -1.26. The van der Waals surface area contributed by atoms with Crippen molar-refractivity contribution < 1.29 is 29.1 Å². The van der Waals surface area contributed by atoms with Crippen LogP contribution in [0.4, 0.5) is 11.4 Å². The van der Waals surface area contributed by atoms with E-state index < -0.39 is 29.6 Å². The molecule has 7 rings (SSSR count). The number of imide groups is 2. The van der Waals surface area contributed by atoms with Crippen LogP contribution in [0.1, 0.15) is 23.2 Å². The standard InChI is InChI=1S/C25H20N2O6/c28-21-17-10-1-2-11(5-10)18(17)22(29)26(21)15-7-14(25(32)33)8-16(9-15)27-23(30)19-12-3-4-13(6-12)20(19)24(27)31/h1-4,7-13,17-20H,5-6H2,(H,32,33)/t10-,11+,12-,13+,17-,18-,19-,20+/m0/s1. The van der Waals surface area contributed by atoms with E-state index in [4.69, 9.17) is 0 Å². The maximum atomic E-state index is 13.3. The average Bonchev–Trinajstić information content (AvgIpc) is 3.61. The summed E-state index contributed by atoms with van der Waals surface area (Å²) >= 11 is 0. The second-order valence-electron chi connectivity index (χ2n) is 10.1. The highest BCUT2D eigenvalue weighted by Crippen LogP contribution is 2.55. The average molecular weight is 444 g/mol. The molecule has 0 aromatic heterocycles. The van der Waals surface area contributed by atoms with Crippen molar-refractivity contribution in [3.63, 3.8) is 0 Å². The predicted molar refractivity (Wildman–Crippen MR) is 114 cm³/mol. The van der Waals surface area contributed by atoms with Crippen LogP contribution in [-0.4, -0.2) is 34.7 Å². The number of hydrogen-bond donors (Lipinski definition) is 1. The summed E-state index contributed by atoms with van der Waals surface area (Å²) in [5.74, 6) is -4.26. The van der Waals surface area contributed by atoms with Gasteiger partial charge in [0.2, 0.25) is 23.6 Å². The normalized spacial score (nSPS) is 39.4. The summed E-state index contributed by atoms with van der Waals surface area (Å²) in [6.45, 7) is 0. The van der Waals surface area contributed by atoms with Gasteiger partial charge in [-0.1, -0.05) is 24.3 Å². The Balaban J connectivity index is 1.30. The molecule has 2 saturated carbocycles. The van der Waals surface area contributed by atoms with Crippen molar-refractivity contribution in [2.75, 3.05) is 9.80 Å². The predicted octanol–water partition coefficient (Wildman–Crippen LogP) is 2.01. The number of benzene rings is 1. The van der Waals surface area contributed by atoms with E-state index in [1.807, 2.05) is 24.3 Å². The lowest BCUT2D eigenvalue weighted by Gasteiger charge is -2.22. The van der Waals surface area contributed by atoms with Gasteiger partial charge in [0.25, 0.3) is 0 Å². The molecule has 1 aromatic carbocycles. The molecule has 2 aliphatic heterocycles. The number of anilines is 2. The fourth-order valence-electron chi connectivity index (χ4n) is 7.29. The Morgan fingerprint density at radius 1 is 0.636 bits per heavy atom. The van der Waals surface area contributed by atoms with Gasteiger partial charge in [0.1, 0.15) is 0 Å². The number of rotatable bonds is 3. The van der Waals surface area contributed by atoms with E-state index in [0.717, 1.165) is 22.6 Å². The van der Waals surface area contributed by atoms with Gasteiger partial charge in [0, 0.05) is 0 Å². The Bertz CT molecular complexity index is 1120. The molecule has 0 radical (unpaired) electrons. The Kier molecular flexibility index (Phi) is 3.49. The third-order valence-corrected chi connectivity index (χ3v) is 8.61. The summed E-state index contributed by atoms with van der Waals surface area (Å²) in [4.78, 5) is 67.0. The number of allylic oxidation sites excluding steroid dienone is 4. The van der Waals surface area contributed by atoms with Crippen molar-refractivity contribution in [1.29, 1.82) is 0 Å². The molecular formula is C25H20N2O6. The van der Waals surface area contributed by atoms with E-state index in [1.54, 1.807) is 0 Å². The summed E-state index contributed by atoms with van der Waals surface area (Å²) < 4.78 is 0. The monoisotopic (exact) mass is 444 g/mol. The molecule has 4 amide bonds. The molecule has 8 nitrogen and oxygen atoms in total. The molecule has 4 fully saturated rings. The number of amides is 4. The van der Waals surface area contributed by atoms with Gasteiger partial charge in [-0.15, -0.1) is 0 Å². The van der Waals surface area contributed by atoms with Gasteiger partial charge in [-0.2, -0.15) is 0 Å². The topological polar surface area (TPSA) is 112 Å². The SMILES string of the molecule is O=C(O)c1cc(N2C(=O)[C@@H]3[C@@H](C2=O)[C@H]2C=C[C@@H]3C2)cc(N2C(=O)[C@@H]3[C@H](C2=O)[C@@H]2C=C[C@H]3C2)c1. The van der Waals surface area contributed by atoms with Gasteiger partial charge in [-0.3, -0.25) is 19.2 Å². The quantitative estimate of drug-likeness (QED) is 0.564. The number of carbonyl (C=O) groups excluding carboxylic acids is 4. The van der Waals surface area contributed by atoms with Gasteiger partial charge >= 0.3 is 5.97 Å². The third-order valence-electron chi connectivity index (χ3n) is 8.61. The van der Waals surface area contributed by atoms with E-state index in [1.165, 1.54) is 18.2 Å². The maximum Gasteiger partial charge on any atom is 0.335 e. The fraction of sp³-hybridized carbons (Fsp3) is 0.400. The first-order chi connectivity index (χ1) is 15.8. The van der Waals surface area contributed by atoms with Crippen LogP contribution in [0.2, 0.25) is 0 Å². The Hall–Kier alpha value is -3.55. The summed E-state index contributed by atoms with van der Waals surface area (Å²) in [5.41, 5.74) is 0.0277. The number of aromatic carboxylic acids is 1. The molecule has 0 unspecified atom stereocenters. The van der Waals surface area contributed by atoms with Gasteiger partial charge in [0.05, 0.1) is 40.6 Å². The second kappa shape index (κ2) is 6.07.